The number of amides is 2. The molecule has 3 aromatic carbocycles. The van der Waals surface area contributed by atoms with Crippen LogP contribution in [-0.4, -0.2) is 40.3 Å². The molecular weight excluding hydrogens is 489 g/mol. The molecule has 1 saturated heterocycles. The molecule has 4 rings (SSSR count). The van der Waals surface area contributed by atoms with Crippen LogP contribution in [-0.2, 0) is 22.7 Å². The predicted octanol–water partition coefficient (Wildman–Crippen LogP) is 5.78. The van der Waals surface area contributed by atoms with E-state index in [1.807, 2.05) is 60.7 Å². The lowest BCUT2D eigenvalue weighted by Crippen LogP contribution is -2.35. The van der Waals surface area contributed by atoms with Gasteiger partial charge in [-0.25, -0.2) is 0 Å². The van der Waals surface area contributed by atoms with Crippen LogP contribution in [0.4, 0.5) is 13.2 Å². The van der Waals surface area contributed by atoms with Crippen LogP contribution in [0.3, 0.4) is 0 Å². The number of ether oxygens (including phenoxy) is 1. The molecule has 0 aliphatic carbocycles. The largest absolute Gasteiger partial charge is 0.573 e. The van der Waals surface area contributed by atoms with Crippen LogP contribution in [0.1, 0.15) is 28.5 Å². The average molecular weight is 515 g/mol. The first-order valence-corrected chi connectivity index (χ1v) is 12.3. The zero-order valence-corrected chi connectivity index (χ0v) is 20.3. The highest BCUT2D eigenvalue weighted by Crippen LogP contribution is 2.44. The van der Waals surface area contributed by atoms with Gasteiger partial charge in [-0.05, 0) is 28.8 Å². The summed E-state index contributed by atoms with van der Waals surface area (Å²) < 4.78 is 42.0. The third-order valence-corrected chi connectivity index (χ3v) is 7.33. The maximum atomic E-state index is 13.4. The van der Waals surface area contributed by atoms with Crippen molar-refractivity contribution in [3.8, 4) is 5.75 Å². The number of benzene rings is 3. The Labute approximate surface area is 211 Å². The fourth-order valence-electron chi connectivity index (χ4n) is 4.08. The molecule has 0 spiro atoms. The van der Waals surface area contributed by atoms with Crippen LogP contribution in [0.25, 0.3) is 0 Å². The maximum Gasteiger partial charge on any atom is 0.573 e. The van der Waals surface area contributed by atoms with Crippen molar-refractivity contribution in [2.45, 2.75) is 36.5 Å². The van der Waals surface area contributed by atoms with Gasteiger partial charge in [0.05, 0.1) is 5.25 Å². The van der Waals surface area contributed by atoms with E-state index in [-0.39, 0.29) is 24.0 Å². The van der Waals surface area contributed by atoms with Gasteiger partial charge in [0, 0.05) is 26.6 Å². The van der Waals surface area contributed by atoms with Crippen LogP contribution in [0.15, 0.2) is 84.9 Å². The lowest BCUT2D eigenvalue weighted by Gasteiger charge is -2.24. The lowest BCUT2D eigenvalue weighted by atomic mass is 10.1. The Balaban J connectivity index is 1.49. The SMILES string of the molecule is CN1C(=O)C(CC(=O)N(Cc2ccccc2)Cc2ccccc2)SC1c1cccc(OC(F)(F)F)c1. The molecule has 36 heavy (non-hydrogen) atoms. The Bertz CT molecular complexity index is 1150. The topological polar surface area (TPSA) is 49.9 Å². The second kappa shape index (κ2) is 11.1. The Kier molecular flexibility index (Phi) is 7.88. The molecule has 0 aromatic heterocycles. The molecule has 2 unspecified atom stereocenters. The quantitative estimate of drug-likeness (QED) is 0.383. The summed E-state index contributed by atoms with van der Waals surface area (Å²) in [5, 5.41) is -1.17. The van der Waals surface area contributed by atoms with Gasteiger partial charge in [0.15, 0.2) is 0 Å². The third kappa shape index (κ3) is 6.60. The van der Waals surface area contributed by atoms with Crippen LogP contribution in [0, 0.1) is 0 Å². The van der Waals surface area contributed by atoms with Gasteiger partial charge >= 0.3 is 6.36 Å². The van der Waals surface area contributed by atoms with Crippen molar-refractivity contribution in [2.75, 3.05) is 7.05 Å². The van der Waals surface area contributed by atoms with Gasteiger partial charge in [0.25, 0.3) is 0 Å². The number of rotatable bonds is 8. The second-order valence-corrected chi connectivity index (χ2v) is 9.76. The van der Waals surface area contributed by atoms with E-state index in [1.165, 1.54) is 34.9 Å². The Morgan fingerprint density at radius 1 is 0.944 bits per heavy atom. The smallest absolute Gasteiger partial charge is 0.406 e. The Morgan fingerprint density at radius 3 is 2.08 bits per heavy atom. The second-order valence-electron chi connectivity index (χ2n) is 8.47. The average Bonchev–Trinajstić information content (AvgIpc) is 3.12. The molecule has 0 N–H and O–H groups in total. The summed E-state index contributed by atoms with van der Waals surface area (Å²) in [7, 11) is 1.59. The van der Waals surface area contributed by atoms with Crippen molar-refractivity contribution < 1.29 is 27.5 Å². The van der Waals surface area contributed by atoms with E-state index in [0.29, 0.717) is 18.7 Å². The monoisotopic (exact) mass is 514 g/mol. The molecule has 1 fully saturated rings. The van der Waals surface area contributed by atoms with E-state index in [4.69, 9.17) is 0 Å². The molecule has 1 aliphatic heterocycles. The maximum absolute atomic E-state index is 13.4. The first kappa shape index (κ1) is 25.6. The van der Waals surface area contributed by atoms with E-state index >= 15 is 0 Å². The van der Waals surface area contributed by atoms with E-state index in [2.05, 4.69) is 4.74 Å². The van der Waals surface area contributed by atoms with E-state index < -0.39 is 17.0 Å². The van der Waals surface area contributed by atoms with E-state index in [1.54, 1.807) is 18.0 Å². The number of hydrogen-bond acceptors (Lipinski definition) is 4. The number of alkyl halides is 3. The fourth-order valence-corrected chi connectivity index (χ4v) is 5.50. The predicted molar refractivity (Wildman–Crippen MR) is 132 cm³/mol. The van der Waals surface area contributed by atoms with Gasteiger partial charge in [0.1, 0.15) is 11.1 Å². The summed E-state index contributed by atoms with van der Waals surface area (Å²) in [6.07, 6.45) is -4.82. The van der Waals surface area contributed by atoms with Gasteiger partial charge in [0.2, 0.25) is 11.8 Å². The molecule has 1 aliphatic rings. The molecule has 0 saturated carbocycles. The minimum Gasteiger partial charge on any atom is -0.406 e. The van der Waals surface area contributed by atoms with Crippen molar-refractivity contribution in [2.24, 2.45) is 0 Å². The molecule has 188 valence electrons. The van der Waals surface area contributed by atoms with Gasteiger partial charge in [-0.15, -0.1) is 24.9 Å². The highest BCUT2D eigenvalue weighted by molar-refractivity contribution is 8.01. The first-order valence-electron chi connectivity index (χ1n) is 11.3. The molecule has 9 heteroatoms. The molecule has 3 aromatic rings. The van der Waals surface area contributed by atoms with Gasteiger partial charge < -0.3 is 14.5 Å². The Morgan fingerprint density at radius 2 is 1.53 bits per heavy atom. The molecular formula is C27H25F3N2O3S. The summed E-state index contributed by atoms with van der Waals surface area (Å²) in [4.78, 5) is 29.6. The molecule has 0 bridgehead atoms. The van der Waals surface area contributed by atoms with Crippen LogP contribution in [0.5, 0.6) is 5.75 Å². The molecule has 2 amide bonds. The minimum absolute atomic E-state index is 0.0112. The van der Waals surface area contributed by atoms with Crippen LogP contribution < -0.4 is 4.74 Å². The number of hydrogen-bond donors (Lipinski definition) is 0. The summed E-state index contributed by atoms with van der Waals surface area (Å²) in [6, 6.07) is 24.8. The van der Waals surface area contributed by atoms with Crippen LogP contribution in [0.2, 0.25) is 0 Å². The minimum atomic E-state index is -4.81. The standard InChI is InChI=1S/C27H25F3N2O3S/c1-31-25(34)23(36-26(31)21-13-8-14-22(15-21)35-27(28,29)30)16-24(33)32(17-19-9-4-2-5-10-19)18-20-11-6-3-7-12-20/h2-15,23,26H,16-18H2,1H3. The summed E-state index contributed by atoms with van der Waals surface area (Å²) in [5.74, 6) is -0.755. The van der Waals surface area contributed by atoms with E-state index in [9.17, 15) is 22.8 Å². The summed E-state index contributed by atoms with van der Waals surface area (Å²) in [6.45, 7) is 0.798. The zero-order valence-electron chi connectivity index (χ0n) is 19.5. The number of thioether (sulfide) groups is 1. The third-order valence-electron chi connectivity index (χ3n) is 5.79. The Hall–Kier alpha value is -3.46. The highest BCUT2D eigenvalue weighted by Gasteiger charge is 2.41. The van der Waals surface area contributed by atoms with Crippen molar-refractivity contribution in [3.05, 3.63) is 102 Å². The summed E-state index contributed by atoms with van der Waals surface area (Å²) in [5.41, 5.74) is 2.45. The fraction of sp³-hybridized carbons (Fsp3) is 0.259. The number of carbonyl (C=O) groups is 2. The van der Waals surface area contributed by atoms with Gasteiger partial charge in [-0.3, -0.25) is 9.59 Å². The van der Waals surface area contributed by atoms with Gasteiger partial charge in [-0.1, -0.05) is 72.8 Å². The van der Waals surface area contributed by atoms with E-state index in [0.717, 1.165) is 11.1 Å². The number of halogens is 3. The first-order chi connectivity index (χ1) is 17.2. The zero-order chi connectivity index (χ0) is 25.7. The molecule has 1 heterocycles. The van der Waals surface area contributed by atoms with Crippen molar-refractivity contribution >= 4 is 23.6 Å². The van der Waals surface area contributed by atoms with Crippen molar-refractivity contribution in [1.29, 1.82) is 0 Å². The normalized spacial score (nSPS) is 17.8. The van der Waals surface area contributed by atoms with Gasteiger partial charge in [-0.2, -0.15) is 0 Å². The molecule has 0 radical (unpaired) electrons. The number of carbonyl (C=O) groups excluding carboxylic acids is 2. The van der Waals surface area contributed by atoms with Crippen LogP contribution >= 0.6 is 11.8 Å². The summed E-state index contributed by atoms with van der Waals surface area (Å²) >= 11 is 1.26. The molecule has 2 atom stereocenters. The highest BCUT2D eigenvalue weighted by atomic mass is 32.2. The number of nitrogens with zero attached hydrogens (tertiary/aromatic N) is 2. The van der Waals surface area contributed by atoms with Crippen molar-refractivity contribution in [1.82, 2.24) is 9.80 Å². The van der Waals surface area contributed by atoms with Crippen molar-refractivity contribution in [3.63, 3.8) is 0 Å². The lowest BCUT2D eigenvalue weighted by molar-refractivity contribution is -0.274. The molecule has 5 nitrogen and oxygen atoms in total.